The summed E-state index contributed by atoms with van der Waals surface area (Å²) in [5, 5.41) is 0.673. The lowest BCUT2D eigenvalue weighted by atomic mass is 10.2. The van der Waals surface area contributed by atoms with Gasteiger partial charge in [-0.25, -0.2) is 4.98 Å². The highest BCUT2D eigenvalue weighted by Crippen LogP contribution is 2.34. The Hall–Kier alpha value is -1.56. The number of hydrogen-bond acceptors (Lipinski definition) is 2. The summed E-state index contributed by atoms with van der Waals surface area (Å²) < 4.78 is 7.93. The summed E-state index contributed by atoms with van der Waals surface area (Å²) in [5.41, 5.74) is 2.72. The first kappa shape index (κ1) is 15.0. The number of rotatable bonds is 2. The van der Waals surface area contributed by atoms with E-state index >= 15 is 0 Å². The van der Waals surface area contributed by atoms with Crippen LogP contribution in [-0.4, -0.2) is 9.97 Å². The van der Waals surface area contributed by atoms with Gasteiger partial charge in [0.1, 0.15) is 5.76 Å². The van der Waals surface area contributed by atoms with Crippen molar-refractivity contribution in [2.24, 2.45) is 0 Å². The smallest absolute Gasteiger partial charge is 0.174 e. The van der Waals surface area contributed by atoms with Crippen molar-refractivity contribution in [3.63, 3.8) is 0 Å². The zero-order chi connectivity index (χ0) is 16.0. The van der Waals surface area contributed by atoms with Gasteiger partial charge >= 0.3 is 0 Å². The van der Waals surface area contributed by atoms with E-state index in [2.05, 4.69) is 41.8 Å². The van der Waals surface area contributed by atoms with Crippen LogP contribution in [0.5, 0.6) is 0 Å². The summed E-state index contributed by atoms with van der Waals surface area (Å²) >= 11 is 13.0. The van der Waals surface area contributed by atoms with E-state index in [9.17, 15) is 0 Å². The maximum absolute atomic E-state index is 6.01. The third-order valence-electron chi connectivity index (χ3n) is 3.48. The number of aromatic nitrogens is 2. The predicted octanol–water partition coefficient (Wildman–Crippen LogP) is 6.67. The molecule has 23 heavy (non-hydrogen) atoms. The fourth-order valence-electron chi connectivity index (χ4n) is 2.40. The van der Waals surface area contributed by atoms with Crippen molar-refractivity contribution in [2.45, 2.75) is 0 Å². The van der Waals surface area contributed by atoms with Crippen LogP contribution in [0.4, 0.5) is 0 Å². The third-order valence-corrected chi connectivity index (χ3v) is 4.86. The van der Waals surface area contributed by atoms with E-state index in [4.69, 9.17) is 16.0 Å². The molecule has 4 aromatic rings. The highest BCUT2D eigenvalue weighted by atomic mass is 79.9. The van der Waals surface area contributed by atoms with Crippen LogP contribution in [0.3, 0.4) is 0 Å². The lowest BCUT2D eigenvalue weighted by Crippen LogP contribution is -1.78. The van der Waals surface area contributed by atoms with Crippen LogP contribution in [-0.2, 0) is 0 Å². The summed E-state index contributed by atoms with van der Waals surface area (Å²) in [5.74, 6) is 2.14. The number of hydrogen-bond donors (Lipinski definition) is 1. The Morgan fingerprint density at radius 2 is 1.78 bits per heavy atom. The van der Waals surface area contributed by atoms with Crippen molar-refractivity contribution in [1.29, 1.82) is 0 Å². The molecule has 6 heteroatoms. The van der Waals surface area contributed by atoms with Crippen LogP contribution in [0.2, 0.25) is 5.02 Å². The Bertz CT molecular complexity index is 1020. The first-order valence-electron chi connectivity index (χ1n) is 6.81. The molecule has 0 aliphatic heterocycles. The molecule has 2 aromatic heterocycles. The maximum atomic E-state index is 6.01. The predicted molar refractivity (Wildman–Crippen MR) is 99.6 cm³/mol. The number of H-pyrrole nitrogens is 1. The molecule has 1 N–H and O–H groups in total. The second-order valence-electron chi connectivity index (χ2n) is 5.03. The molecule has 0 fully saturated rings. The zero-order valence-electron chi connectivity index (χ0n) is 11.6. The van der Waals surface area contributed by atoms with E-state index in [0.29, 0.717) is 16.6 Å². The second kappa shape index (κ2) is 5.82. The normalized spacial score (nSPS) is 11.3. The van der Waals surface area contributed by atoms with Gasteiger partial charge in [0.15, 0.2) is 11.6 Å². The molecule has 4 rings (SSSR count). The minimum Gasteiger partial charge on any atom is -0.453 e. The standard InChI is InChI=1S/C17H9Br2ClN2O/c18-9-1-3-11(12(19)7-9)15-5-6-16(23-15)17-21-13-4-2-10(20)8-14(13)22-17/h1-8H,(H,21,22). The largest absolute Gasteiger partial charge is 0.453 e. The van der Waals surface area contributed by atoms with E-state index in [-0.39, 0.29) is 0 Å². The van der Waals surface area contributed by atoms with Crippen LogP contribution in [0.15, 0.2) is 61.9 Å². The molecule has 0 aliphatic carbocycles. The number of nitrogens with zero attached hydrogens (tertiary/aromatic N) is 1. The minimum atomic E-state index is 0.673. The van der Waals surface area contributed by atoms with Gasteiger partial charge in [-0.15, -0.1) is 0 Å². The molecule has 0 amide bonds. The van der Waals surface area contributed by atoms with Crippen molar-refractivity contribution in [3.8, 4) is 22.9 Å². The van der Waals surface area contributed by atoms with Gasteiger partial charge < -0.3 is 9.40 Å². The van der Waals surface area contributed by atoms with Gasteiger partial charge in [-0.1, -0.05) is 27.5 Å². The zero-order valence-corrected chi connectivity index (χ0v) is 15.5. The molecule has 0 saturated carbocycles. The van der Waals surface area contributed by atoms with Crippen LogP contribution in [0.1, 0.15) is 0 Å². The molecule has 0 unspecified atom stereocenters. The third kappa shape index (κ3) is 2.84. The highest BCUT2D eigenvalue weighted by Gasteiger charge is 2.13. The lowest BCUT2D eigenvalue weighted by Gasteiger charge is -2.01. The van der Waals surface area contributed by atoms with E-state index in [1.165, 1.54) is 0 Å². The Morgan fingerprint density at radius 1 is 0.957 bits per heavy atom. The number of nitrogens with one attached hydrogen (secondary N) is 1. The molecule has 0 bridgehead atoms. The summed E-state index contributed by atoms with van der Waals surface area (Å²) in [6.07, 6.45) is 0. The number of furan rings is 1. The summed E-state index contributed by atoms with van der Waals surface area (Å²) in [6, 6.07) is 15.4. The van der Waals surface area contributed by atoms with Crippen LogP contribution in [0, 0.1) is 0 Å². The van der Waals surface area contributed by atoms with E-state index in [1.807, 2.05) is 48.5 Å². The molecular formula is C17H9Br2ClN2O. The van der Waals surface area contributed by atoms with Gasteiger partial charge in [0, 0.05) is 19.5 Å². The average Bonchev–Trinajstić information content (AvgIpc) is 3.12. The quantitative estimate of drug-likeness (QED) is 0.369. The molecule has 114 valence electrons. The number of imidazole rings is 1. The van der Waals surface area contributed by atoms with Crippen molar-refractivity contribution in [1.82, 2.24) is 9.97 Å². The Morgan fingerprint density at radius 3 is 2.61 bits per heavy atom. The summed E-state index contributed by atoms with van der Waals surface area (Å²) in [4.78, 5) is 7.77. The van der Waals surface area contributed by atoms with Crippen LogP contribution < -0.4 is 0 Å². The number of benzene rings is 2. The highest BCUT2D eigenvalue weighted by molar-refractivity contribution is 9.11. The molecular weight excluding hydrogens is 443 g/mol. The number of aromatic amines is 1. The second-order valence-corrected chi connectivity index (χ2v) is 7.24. The van der Waals surface area contributed by atoms with E-state index in [1.54, 1.807) is 0 Å². The molecule has 3 nitrogen and oxygen atoms in total. The van der Waals surface area contributed by atoms with Crippen molar-refractivity contribution >= 4 is 54.5 Å². The molecule has 0 atom stereocenters. The number of fused-ring (bicyclic) bond motifs is 1. The molecule has 2 heterocycles. The van der Waals surface area contributed by atoms with Gasteiger partial charge in [-0.05, 0) is 64.5 Å². The fourth-order valence-corrected chi connectivity index (χ4v) is 3.81. The minimum absolute atomic E-state index is 0.673. The van der Waals surface area contributed by atoms with Crippen LogP contribution >= 0.6 is 43.5 Å². The van der Waals surface area contributed by atoms with Gasteiger partial charge in [0.2, 0.25) is 0 Å². The summed E-state index contributed by atoms with van der Waals surface area (Å²) in [7, 11) is 0. The van der Waals surface area contributed by atoms with Crippen LogP contribution in [0.25, 0.3) is 33.9 Å². The van der Waals surface area contributed by atoms with Gasteiger partial charge in [-0.2, -0.15) is 0 Å². The SMILES string of the molecule is Clc1ccc2nc(-c3ccc(-c4ccc(Br)cc4Br)o3)[nH]c2c1. The topological polar surface area (TPSA) is 41.8 Å². The molecule has 0 radical (unpaired) electrons. The molecule has 0 saturated heterocycles. The van der Waals surface area contributed by atoms with Crippen molar-refractivity contribution in [2.75, 3.05) is 0 Å². The first-order valence-corrected chi connectivity index (χ1v) is 8.77. The van der Waals surface area contributed by atoms with Crippen molar-refractivity contribution in [3.05, 3.63) is 62.5 Å². The Labute approximate surface area is 153 Å². The van der Waals surface area contributed by atoms with E-state index in [0.717, 1.165) is 31.3 Å². The number of halogens is 3. The molecule has 0 aliphatic rings. The van der Waals surface area contributed by atoms with Gasteiger partial charge in [0.25, 0.3) is 0 Å². The maximum Gasteiger partial charge on any atom is 0.174 e. The lowest BCUT2D eigenvalue weighted by molar-refractivity contribution is 0.593. The van der Waals surface area contributed by atoms with Gasteiger partial charge in [-0.3, -0.25) is 0 Å². The average molecular weight is 453 g/mol. The first-order chi connectivity index (χ1) is 11.1. The molecule has 0 spiro atoms. The van der Waals surface area contributed by atoms with E-state index < -0.39 is 0 Å². The van der Waals surface area contributed by atoms with Crippen molar-refractivity contribution < 1.29 is 4.42 Å². The Balaban J connectivity index is 1.76. The van der Waals surface area contributed by atoms with Gasteiger partial charge in [0.05, 0.1) is 11.0 Å². The molecule has 2 aromatic carbocycles. The Kier molecular flexibility index (Phi) is 3.79. The monoisotopic (exact) mass is 450 g/mol. The summed E-state index contributed by atoms with van der Waals surface area (Å²) in [6.45, 7) is 0. The fraction of sp³-hybridized carbons (Fsp3) is 0.